The van der Waals surface area contributed by atoms with Crippen LogP contribution >= 0.6 is 0 Å². The van der Waals surface area contributed by atoms with Gasteiger partial charge in [0.15, 0.2) is 0 Å². The lowest BCUT2D eigenvalue weighted by Crippen LogP contribution is -2.33. The lowest BCUT2D eigenvalue weighted by atomic mass is 9.67. The minimum absolute atomic E-state index is 0.325. The van der Waals surface area contributed by atoms with Gasteiger partial charge >= 0.3 is 0 Å². The molecule has 1 saturated carbocycles. The predicted octanol–water partition coefficient (Wildman–Crippen LogP) is 2.57. The summed E-state index contributed by atoms with van der Waals surface area (Å²) in [6, 6.07) is 0. The van der Waals surface area contributed by atoms with Crippen molar-refractivity contribution in [1.29, 1.82) is 0 Å². The molecule has 2 aliphatic rings. The van der Waals surface area contributed by atoms with Crippen LogP contribution in [0.4, 0.5) is 0 Å². The fraction of sp³-hybridized carbons (Fsp3) is 0.727. The summed E-state index contributed by atoms with van der Waals surface area (Å²) in [5.74, 6) is 2.06. The van der Waals surface area contributed by atoms with Crippen LogP contribution in [-0.4, -0.2) is 5.78 Å². The Balaban J connectivity index is 2.24. The van der Waals surface area contributed by atoms with Crippen molar-refractivity contribution >= 4 is 5.78 Å². The molecule has 2 bridgehead atoms. The van der Waals surface area contributed by atoms with Crippen molar-refractivity contribution in [3.8, 4) is 0 Å². The van der Waals surface area contributed by atoms with Gasteiger partial charge in [0.25, 0.3) is 0 Å². The summed E-state index contributed by atoms with van der Waals surface area (Å²) in [6.45, 7) is 4.27. The molecule has 0 saturated heterocycles. The lowest BCUT2D eigenvalue weighted by molar-refractivity contribution is -0.127. The van der Waals surface area contributed by atoms with Crippen LogP contribution in [0.1, 0.15) is 33.1 Å². The van der Waals surface area contributed by atoms with E-state index in [0.717, 1.165) is 12.8 Å². The standard InChI is InChI=1S/C11H16O/c1-7-3-4-9-5-10(7)6-11(12)8(9)2/h3,8-10H,4-6H2,1-2H3/t8-,9+,10-/m0/s1. The molecule has 0 heterocycles. The first kappa shape index (κ1) is 8.03. The van der Waals surface area contributed by atoms with Crippen molar-refractivity contribution in [3.63, 3.8) is 0 Å². The van der Waals surface area contributed by atoms with E-state index in [-0.39, 0.29) is 0 Å². The molecule has 0 aromatic heterocycles. The zero-order chi connectivity index (χ0) is 8.72. The van der Waals surface area contributed by atoms with Gasteiger partial charge in [-0.1, -0.05) is 18.6 Å². The zero-order valence-corrected chi connectivity index (χ0v) is 7.84. The van der Waals surface area contributed by atoms with E-state index in [1.54, 1.807) is 0 Å². The maximum absolute atomic E-state index is 11.5. The summed E-state index contributed by atoms with van der Waals surface area (Å²) in [4.78, 5) is 11.5. The second-order valence-electron chi connectivity index (χ2n) is 4.34. The van der Waals surface area contributed by atoms with Crippen molar-refractivity contribution in [1.82, 2.24) is 0 Å². The van der Waals surface area contributed by atoms with Gasteiger partial charge in [-0.2, -0.15) is 0 Å². The van der Waals surface area contributed by atoms with E-state index in [9.17, 15) is 4.79 Å². The molecule has 0 aromatic rings. The van der Waals surface area contributed by atoms with E-state index >= 15 is 0 Å². The van der Waals surface area contributed by atoms with Crippen LogP contribution in [0.15, 0.2) is 11.6 Å². The number of hydrogen-bond donors (Lipinski definition) is 0. The van der Waals surface area contributed by atoms with E-state index < -0.39 is 0 Å². The molecule has 0 unspecified atom stereocenters. The second kappa shape index (κ2) is 2.72. The molecule has 66 valence electrons. The van der Waals surface area contributed by atoms with Gasteiger partial charge in [-0.15, -0.1) is 0 Å². The normalized spacial score (nSPS) is 41.0. The number of rotatable bonds is 0. The third-order valence-corrected chi connectivity index (χ3v) is 3.64. The molecule has 0 amide bonds. The first-order valence-corrected chi connectivity index (χ1v) is 4.88. The number of fused-ring (bicyclic) bond motifs is 2. The summed E-state index contributed by atoms with van der Waals surface area (Å²) in [7, 11) is 0. The Bertz CT molecular complexity index is 239. The fourth-order valence-corrected chi connectivity index (χ4v) is 2.50. The third kappa shape index (κ3) is 1.12. The summed E-state index contributed by atoms with van der Waals surface area (Å²) >= 11 is 0. The van der Waals surface area contributed by atoms with Crippen LogP contribution in [0, 0.1) is 17.8 Å². The molecule has 2 aliphatic carbocycles. The SMILES string of the molecule is CC1=CC[C@@H]2C[C@H]1CC(=O)[C@H]2C. The van der Waals surface area contributed by atoms with Gasteiger partial charge < -0.3 is 0 Å². The van der Waals surface area contributed by atoms with Crippen LogP contribution in [0.3, 0.4) is 0 Å². The molecule has 0 N–H and O–H groups in total. The molecule has 2 rings (SSSR count). The van der Waals surface area contributed by atoms with Gasteiger partial charge in [0, 0.05) is 12.3 Å². The Morgan fingerprint density at radius 1 is 1.50 bits per heavy atom. The molecule has 0 aromatic carbocycles. The van der Waals surface area contributed by atoms with Crippen molar-refractivity contribution in [2.45, 2.75) is 33.1 Å². The van der Waals surface area contributed by atoms with E-state index in [4.69, 9.17) is 0 Å². The lowest BCUT2D eigenvalue weighted by Gasteiger charge is -2.36. The number of hydrogen-bond acceptors (Lipinski definition) is 1. The molecule has 0 radical (unpaired) electrons. The number of ketones is 1. The van der Waals surface area contributed by atoms with Gasteiger partial charge in [0.1, 0.15) is 5.78 Å². The summed E-state index contributed by atoms with van der Waals surface area (Å²) in [6.07, 6.45) is 5.53. The molecule has 0 spiro atoms. The highest BCUT2D eigenvalue weighted by atomic mass is 16.1. The smallest absolute Gasteiger partial charge is 0.136 e. The molecular weight excluding hydrogens is 148 g/mol. The highest BCUT2D eigenvalue weighted by molar-refractivity contribution is 5.82. The minimum atomic E-state index is 0.325. The van der Waals surface area contributed by atoms with E-state index in [1.807, 2.05) is 0 Å². The predicted molar refractivity (Wildman–Crippen MR) is 48.8 cm³/mol. The number of carbonyl (C=O) groups excluding carboxylic acids is 1. The van der Waals surface area contributed by atoms with Crippen LogP contribution in [0.5, 0.6) is 0 Å². The topological polar surface area (TPSA) is 17.1 Å². The van der Waals surface area contributed by atoms with E-state index in [1.165, 1.54) is 12.0 Å². The Labute approximate surface area is 73.8 Å². The average Bonchev–Trinajstić information content (AvgIpc) is 2.06. The van der Waals surface area contributed by atoms with Crippen LogP contribution < -0.4 is 0 Å². The molecule has 0 aliphatic heterocycles. The Kier molecular flexibility index (Phi) is 1.82. The van der Waals surface area contributed by atoms with Crippen LogP contribution in [-0.2, 0) is 4.79 Å². The van der Waals surface area contributed by atoms with E-state index in [0.29, 0.717) is 23.5 Å². The number of carbonyl (C=O) groups is 1. The largest absolute Gasteiger partial charge is 0.299 e. The molecule has 1 nitrogen and oxygen atoms in total. The monoisotopic (exact) mass is 164 g/mol. The number of allylic oxidation sites excluding steroid dienone is 2. The average molecular weight is 164 g/mol. The molecular formula is C11H16O. The Morgan fingerprint density at radius 3 is 3.00 bits per heavy atom. The quantitative estimate of drug-likeness (QED) is 0.503. The zero-order valence-electron chi connectivity index (χ0n) is 7.84. The van der Waals surface area contributed by atoms with Crippen LogP contribution in [0.25, 0.3) is 0 Å². The highest BCUT2D eigenvalue weighted by Crippen LogP contribution is 2.40. The first-order chi connectivity index (χ1) is 5.68. The van der Waals surface area contributed by atoms with Gasteiger partial charge in [-0.25, -0.2) is 0 Å². The summed E-state index contributed by atoms with van der Waals surface area (Å²) in [5.41, 5.74) is 1.45. The second-order valence-corrected chi connectivity index (χ2v) is 4.34. The van der Waals surface area contributed by atoms with Crippen LogP contribution in [0.2, 0.25) is 0 Å². The van der Waals surface area contributed by atoms with Gasteiger partial charge in [-0.05, 0) is 31.6 Å². The van der Waals surface area contributed by atoms with Crippen molar-refractivity contribution in [2.75, 3.05) is 0 Å². The van der Waals surface area contributed by atoms with Gasteiger partial charge in [0.05, 0.1) is 0 Å². The molecule has 1 fully saturated rings. The maximum atomic E-state index is 11.5. The van der Waals surface area contributed by atoms with E-state index in [2.05, 4.69) is 19.9 Å². The maximum Gasteiger partial charge on any atom is 0.136 e. The summed E-state index contributed by atoms with van der Waals surface area (Å²) in [5, 5.41) is 0. The first-order valence-electron chi connectivity index (χ1n) is 4.88. The van der Waals surface area contributed by atoms with Gasteiger partial charge in [-0.3, -0.25) is 4.79 Å². The third-order valence-electron chi connectivity index (χ3n) is 3.64. The Morgan fingerprint density at radius 2 is 2.25 bits per heavy atom. The minimum Gasteiger partial charge on any atom is -0.299 e. The summed E-state index contributed by atoms with van der Waals surface area (Å²) < 4.78 is 0. The highest BCUT2D eigenvalue weighted by Gasteiger charge is 2.35. The Hall–Kier alpha value is -0.590. The van der Waals surface area contributed by atoms with Gasteiger partial charge in [0.2, 0.25) is 0 Å². The van der Waals surface area contributed by atoms with Crippen molar-refractivity contribution in [2.24, 2.45) is 17.8 Å². The molecule has 1 heteroatoms. The molecule has 12 heavy (non-hydrogen) atoms. The van der Waals surface area contributed by atoms with Crippen molar-refractivity contribution < 1.29 is 4.79 Å². The number of Topliss-reactive ketones (excluding diaryl/α,β-unsaturated/α-hetero) is 1. The molecule has 3 atom stereocenters. The van der Waals surface area contributed by atoms with Crippen molar-refractivity contribution in [3.05, 3.63) is 11.6 Å². The fourth-order valence-electron chi connectivity index (χ4n) is 2.50.